The molecule has 2 nitrogen and oxygen atoms in total. The molecule has 2 atom stereocenters. The van der Waals surface area contributed by atoms with Crippen LogP contribution in [-0.4, -0.2) is 31.6 Å². The van der Waals surface area contributed by atoms with Crippen LogP contribution in [0.1, 0.15) is 24.9 Å². The average molecular weight is 218 g/mol. The molecular weight excluding hydrogens is 196 g/mol. The average Bonchev–Trinajstić information content (AvgIpc) is 2.69. The molecule has 0 bridgehead atoms. The highest BCUT2D eigenvalue weighted by atomic mass is 15.2. The quantitative estimate of drug-likeness (QED) is 0.834. The first-order valence-corrected chi connectivity index (χ1v) is 6.29. The van der Waals surface area contributed by atoms with E-state index in [9.17, 15) is 0 Å². The Morgan fingerprint density at radius 2 is 2.06 bits per heavy atom. The number of benzene rings is 1. The molecule has 16 heavy (non-hydrogen) atoms. The second-order valence-electron chi connectivity index (χ2n) is 4.69. The van der Waals surface area contributed by atoms with E-state index >= 15 is 0 Å². The molecule has 2 unspecified atom stereocenters. The molecule has 1 N–H and O–H groups in total. The maximum absolute atomic E-state index is 3.48. The van der Waals surface area contributed by atoms with Crippen LogP contribution in [0.25, 0.3) is 0 Å². The number of nitrogens with zero attached hydrogens (tertiary/aromatic N) is 1. The lowest BCUT2D eigenvalue weighted by molar-refractivity contribution is 0.273. The molecule has 0 amide bonds. The van der Waals surface area contributed by atoms with E-state index in [1.807, 2.05) is 0 Å². The van der Waals surface area contributed by atoms with E-state index in [-0.39, 0.29) is 0 Å². The Kier molecular flexibility index (Phi) is 3.97. The van der Waals surface area contributed by atoms with E-state index < -0.39 is 0 Å². The fourth-order valence-corrected chi connectivity index (χ4v) is 2.75. The molecule has 1 fully saturated rings. The van der Waals surface area contributed by atoms with Gasteiger partial charge in [0.25, 0.3) is 0 Å². The summed E-state index contributed by atoms with van der Waals surface area (Å²) in [6, 6.07) is 11.5. The number of likely N-dealkylation sites (tertiary alicyclic amines) is 1. The van der Waals surface area contributed by atoms with Crippen molar-refractivity contribution < 1.29 is 0 Å². The molecule has 1 aliphatic heterocycles. The fourth-order valence-electron chi connectivity index (χ4n) is 2.75. The largest absolute Gasteiger partial charge is 0.317 e. The van der Waals surface area contributed by atoms with Crippen LogP contribution in [-0.2, 0) is 0 Å². The Labute approximate surface area is 98.7 Å². The standard InChI is InChI=1S/C14H22N2/c1-3-15-11-13-9-10-16(2)14(13)12-7-5-4-6-8-12/h4-8,13-15H,3,9-11H2,1-2H3. The number of nitrogens with one attached hydrogen (secondary N) is 1. The van der Waals surface area contributed by atoms with Gasteiger partial charge in [0.05, 0.1) is 0 Å². The summed E-state index contributed by atoms with van der Waals surface area (Å²) < 4.78 is 0. The Hall–Kier alpha value is -0.860. The third kappa shape index (κ3) is 2.45. The van der Waals surface area contributed by atoms with E-state index in [2.05, 4.69) is 54.5 Å². The molecule has 0 spiro atoms. The van der Waals surface area contributed by atoms with E-state index in [1.165, 1.54) is 18.5 Å². The smallest absolute Gasteiger partial charge is 0.0385 e. The van der Waals surface area contributed by atoms with E-state index in [0.29, 0.717) is 6.04 Å². The summed E-state index contributed by atoms with van der Waals surface area (Å²) >= 11 is 0. The molecule has 0 radical (unpaired) electrons. The summed E-state index contributed by atoms with van der Waals surface area (Å²) in [5.41, 5.74) is 1.46. The first-order valence-electron chi connectivity index (χ1n) is 6.29. The molecule has 1 aromatic rings. The molecule has 0 saturated carbocycles. The van der Waals surface area contributed by atoms with Gasteiger partial charge in [-0.2, -0.15) is 0 Å². The second kappa shape index (κ2) is 5.46. The molecule has 2 rings (SSSR count). The van der Waals surface area contributed by atoms with E-state index in [1.54, 1.807) is 0 Å². The van der Waals surface area contributed by atoms with Crippen molar-refractivity contribution in [2.24, 2.45) is 5.92 Å². The lowest BCUT2D eigenvalue weighted by atomic mass is 9.94. The monoisotopic (exact) mass is 218 g/mol. The van der Waals surface area contributed by atoms with Crippen LogP contribution in [0.4, 0.5) is 0 Å². The minimum Gasteiger partial charge on any atom is -0.317 e. The third-order valence-corrected chi connectivity index (χ3v) is 3.57. The Bertz CT molecular complexity index is 310. The van der Waals surface area contributed by atoms with Gasteiger partial charge in [0, 0.05) is 6.04 Å². The van der Waals surface area contributed by atoms with Crippen molar-refractivity contribution in [2.45, 2.75) is 19.4 Å². The van der Waals surface area contributed by atoms with Gasteiger partial charge in [0.15, 0.2) is 0 Å². The number of hydrogen-bond donors (Lipinski definition) is 1. The summed E-state index contributed by atoms with van der Waals surface area (Å²) in [4.78, 5) is 2.48. The summed E-state index contributed by atoms with van der Waals surface area (Å²) in [5.74, 6) is 0.757. The SMILES string of the molecule is CCNCC1CCN(C)C1c1ccccc1. The lowest BCUT2D eigenvalue weighted by Crippen LogP contribution is -2.28. The van der Waals surface area contributed by atoms with Gasteiger partial charge in [-0.1, -0.05) is 37.3 Å². The molecule has 1 heterocycles. The van der Waals surface area contributed by atoms with Crippen molar-refractivity contribution >= 4 is 0 Å². The predicted molar refractivity (Wildman–Crippen MR) is 68.5 cm³/mol. The highest BCUT2D eigenvalue weighted by molar-refractivity contribution is 5.21. The summed E-state index contributed by atoms with van der Waals surface area (Å²) in [6.45, 7) is 5.61. The minimum absolute atomic E-state index is 0.597. The summed E-state index contributed by atoms with van der Waals surface area (Å²) in [7, 11) is 2.24. The molecule has 0 aromatic heterocycles. The lowest BCUT2D eigenvalue weighted by Gasteiger charge is -2.25. The summed E-state index contributed by atoms with van der Waals surface area (Å²) in [5, 5.41) is 3.48. The molecule has 88 valence electrons. The summed E-state index contributed by atoms with van der Waals surface area (Å²) in [6.07, 6.45) is 1.31. The number of rotatable bonds is 4. The first-order chi connectivity index (χ1) is 7.83. The highest BCUT2D eigenvalue weighted by Crippen LogP contribution is 2.35. The predicted octanol–water partition coefficient (Wildman–Crippen LogP) is 2.29. The van der Waals surface area contributed by atoms with E-state index in [4.69, 9.17) is 0 Å². The zero-order chi connectivity index (χ0) is 11.4. The topological polar surface area (TPSA) is 15.3 Å². The van der Waals surface area contributed by atoms with Crippen molar-refractivity contribution in [1.29, 1.82) is 0 Å². The molecule has 1 aromatic carbocycles. The third-order valence-electron chi connectivity index (χ3n) is 3.57. The van der Waals surface area contributed by atoms with Gasteiger partial charge in [-0.15, -0.1) is 0 Å². The van der Waals surface area contributed by atoms with E-state index in [0.717, 1.165) is 19.0 Å². The van der Waals surface area contributed by atoms with Crippen LogP contribution < -0.4 is 5.32 Å². The Morgan fingerprint density at radius 3 is 2.75 bits per heavy atom. The zero-order valence-electron chi connectivity index (χ0n) is 10.3. The van der Waals surface area contributed by atoms with Gasteiger partial charge in [0.2, 0.25) is 0 Å². The molecular formula is C14H22N2. The van der Waals surface area contributed by atoms with Crippen LogP contribution >= 0.6 is 0 Å². The Balaban J connectivity index is 2.10. The molecule has 1 saturated heterocycles. The molecule has 1 aliphatic rings. The molecule has 0 aliphatic carbocycles. The van der Waals surface area contributed by atoms with Gasteiger partial charge < -0.3 is 5.32 Å². The fraction of sp³-hybridized carbons (Fsp3) is 0.571. The van der Waals surface area contributed by atoms with Crippen molar-refractivity contribution in [1.82, 2.24) is 10.2 Å². The van der Waals surface area contributed by atoms with Crippen LogP contribution in [0.15, 0.2) is 30.3 Å². The van der Waals surface area contributed by atoms with Crippen LogP contribution in [0.5, 0.6) is 0 Å². The molecule has 2 heteroatoms. The zero-order valence-corrected chi connectivity index (χ0v) is 10.3. The first kappa shape index (κ1) is 11.6. The van der Waals surface area contributed by atoms with Gasteiger partial charge in [-0.25, -0.2) is 0 Å². The minimum atomic E-state index is 0.597. The van der Waals surface area contributed by atoms with Crippen molar-refractivity contribution in [3.63, 3.8) is 0 Å². The number of hydrogen-bond acceptors (Lipinski definition) is 2. The van der Waals surface area contributed by atoms with Gasteiger partial charge in [0.1, 0.15) is 0 Å². The van der Waals surface area contributed by atoms with Crippen molar-refractivity contribution in [3.05, 3.63) is 35.9 Å². The van der Waals surface area contributed by atoms with Crippen LogP contribution in [0.2, 0.25) is 0 Å². The maximum atomic E-state index is 3.48. The van der Waals surface area contributed by atoms with Crippen molar-refractivity contribution in [2.75, 3.05) is 26.7 Å². The normalized spacial score (nSPS) is 26.1. The van der Waals surface area contributed by atoms with Crippen LogP contribution in [0, 0.1) is 5.92 Å². The van der Waals surface area contributed by atoms with Gasteiger partial charge >= 0.3 is 0 Å². The van der Waals surface area contributed by atoms with Gasteiger partial charge in [-0.3, -0.25) is 4.90 Å². The van der Waals surface area contributed by atoms with Crippen LogP contribution in [0.3, 0.4) is 0 Å². The highest BCUT2D eigenvalue weighted by Gasteiger charge is 2.32. The van der Waals surface area contributed by atoms with Gasteiger partial charge in [-0.05, 0) is 44.6 Å². The Morgan fingerprint density at radius 1 is 1.31 bits per heavy atom. The second-order valence-corrected chi connectivity index (χ2v) is 4.69. The maximum Gasteiger partial charge on any atom is 0.0385 e. The van der Waals surface area contributed by atoms with Crippen molar-refractivity contribution in [3.8, 4) is 0 Å².